The van der Waals surface area contributed by atoms with E-state index in [4.69, 9.17) is 21.3 Å². The molecule has 0 radical (unpaired) electrons. The molecular formula is C24H17ClN2O2. The smallest absolute Gasteiger partial charge is 0.357 e. The molecule has 3 aromatic rings. The summed E-state index contributed by atoms with van der Waals surface area (Å²) in [6.07, 6.45) is 0. The predicted molar refractivity (Wildman–Crippen MR) is 112 cm³/mol. The predicted octanol–water partition coefficient (Wildman–Crippen LogP) is 4.69. The van der Waals surface area contributed by atoms with E-state index in [0.717, 1.165) is 49.8 Å². The van der Waals surface area contributed by atoms with Gasteiger partial charge in [-0.3, -0.25) is 0 Å². The fourth-order valence-electron chi connectivity index (χ4n) is 3.96. The molecule has 0 fully saturated rings. The molecule has 3 aromatic carbocycles. The maximum atomic E-state index is 12.7. The van der Waals surface area contributed by atoms with Crippen LogP contribution >= 0.6 is 11.6 Å². The van der Waals surface area contributed by atoms with Gasteiger partial charge in [-0.05, 0) is 54.8 Å². The molecule has 0 saturated carbocycles. The first-order valence-corrected chi connectivity index (χ1v) is 9.74. The van der Waals surface area contributed by atoms with Crippen molar-refractivity contribution in [3.63, 3.8) is 0 Å². The van der Waals surface area contributed by atoms with Crippen molar-refractivity contribution >= 4 is 28.8 Å². The minimum atomic E-state index is -0.414. The van der Waals surface area contributed by atoms with Gasteiger partial charge in [-0.15, -0.1) is 0 Å². The summed E-state index contributed by atoms with van der Waals surface area (Å²) in [4.78, 5) is 22.1. The second kappa shape index (κ2) is 6.68. The number of halogens is 1. The summed E-state index contributed by atoms with van der Waals surface area (Å²) in [5.74, 6) is -0.414. The minimum absolute atomic E-state index is 0.221. The molecule has 0 spiro atoms. The highest BCUT2D eigenvalue weighted by Gasteiger charge is 2.26. The third-order valence-corrected chi connectivity index (χ3v) is 5.61. The van der Waals surface area contributed by atoms with Crippen molar-refractivity contribution in [3.05, 3.63) is 92.7 Å². The average molecular weight is 401 g/mol. The van der Waals surface area contributed by atoms with Crippen LogP contribution in [-0.2, 0) is 16.1 Å². The molecule has 0 bridgehead atoms. The number of carbonyl (C=O) groups excluding carboxylic acids is 1. The summed E-state index contributed by atoms with van der Waals surface area (Å²) >= 11 is 6.19. The number of rotatable bonds is 3. The van der Waals surface area contributed by atoms with Gasteiger partial charge in [0.05, 0.1) is 16.4 Å². The first kappa shape index (κ1) is 17.8. The van der Waals surface area contributed by atoms with Crippen LogP contribution in [0.15, 0.2) is 70.3 Å². The van der Waals surface area contributed by atoms with Gasteiger partial charge >= 0.3 is 5.97 Å². The van der Waals surface area contributed by atoms with E-state index in [-0.39, 0.29) is 6.61 Å². The first-order chi connectivity index (χ1) is 14.0. The van der Waals surface area contributed by atoms with Gasteiger partial charge in [0, 0.05) is 21.7 Å². The summed E-state index contributed by atoms with van der Waals surface area (Å²) in [6.45, 7) is 4.15. The lowest BCUT2D eigenvalue weighted by molar-refractivity contribution is -0.140. The Morgan fingerprint density at radius 2 is 1.79 bits per heavy atom. The standard InChI is InChI=1S/C24H17ClN2O2/c1-13-21-14(2)23(24(28)29-12-15-6-4-3-5-7-15)27-20(21)11-18-17-10-16(25)8-9-19(17)26-22(13)18/h3-11H,12H2,1-2H3. The van der Waals surface area contributed by atoms with Gasteiger partial charge in [0.1, 0.15) is 6.61 Å². The lowest BCUT2D eigenvalue weighted by atomic mass is 9.96. The SMILES string of the molecule is CC1=C(C(=O)OCc2ccccc2)N=c2cc3c(c(C)c21)=Nc1ccc(Cl)cc1-3. The van der Waals surface area contributed by atoms with Crippen LogP contribution in [0.1, 0.15) is 23.6 Å². The molecule has 0 amide bonds. The summed E-state index contributed by atoms with van der Waals surface area (Å²) < 4.78 is 5.49. The normalized spacial score (nSPS) is 13.3. The second-order valence-electron chi connectivity index (χ2n) is 7.21. The van der Waals surface area contributed by atoms with Crippen molar-refractivity contribution in [1.82, 2.24) is 0 Å². The zero-order chi connectivity index (χ0) is 20.1. The van der Waals surface area contributed by atoms with E-state index in [2.05, 4.69) is 4.99 Å². The van der Waals surface area contributed by atoms with Crippen LogP contribution in [0.5, 0.6) is 0 Å². The Morgan fingerprint density at radius 3 is 2.59 bits per heavy atom. The maximum absolute atomic E-state index is 12.7. The number of fused-ring (bicyclic) bond motifs is 4. The fraction of sp³-hybridized carbons (Fsp3) is 0.125. The van der Waals surface area contributed by atoms with Crippen LogP contribution in [0.25, 0.3) is 16.7 Å². The van der Waals surface area contributed by atoms with Crippen molar-refractivity contribution in [2.75, 3.05) is 0 Å². The third kappa shape index (κ3) is 2.88. The number of ether oxygens (including phenoxy) is 1. The Kier molecular flexibility index (Phi) is 4.10. The van der Waals surface area contributed by atoms with Gasteiger partial charge in [0.2, 0.25) is 0 Å². The number of allylic oxidation sites excluding steroid dienone is 1. The number of hydrogen-bond acceptors (Lipinski definition) is 4. The van der Waals surface area contributed by atoms with Gasteiger partial charge in [-0.2, -0.15) is 0 Å². The number of benzene rings is 3. The molecule has 4 nitrogen and oxygen atoms in total. The van der Waals surface area contributed by atoms with E-state index in [1.54, 1.807) is 0 Å². The molecule has 5 rings (SSSR count). The zero-order valence-corrected chi connectivity index (χ0v) is 16.7. The summed E-state index contributed by atoms with van der Waals surface area (Å²) in [5.41, 5.74) is 6.98. The van der Waals surface area contributed by atoms with E-state index in [0.29, 0.717) is 10.7 Å². The van der Waals surface area contributed by atoms with Crippen LogP contribution in [0.4, 0.5) is 5.69 Å². The Bertz CT molecular complexity index is 1340. The second-order valence-corrected chi connectivity index (χ2v) is 7.65. The lowest BCUT2D eigenvalue weighted by Crippen LogP contribution is -2.18. The number of esters is 1. The van der Waals surface area contributed by atoms with E-state index < -0.39 is 5.97 Å². The molecule has 2 aliphatic rings. The zero-order valence-electron chi connectivity index (χ0n) is 16.0. The van der Waals surface area contributed by atoms with Crippen LogP contribution < -0.4 is 10.7 Å². The van der Waals surface area contributed by atoms with E-state index in [9.17, 15) is 4.79 Å². The fourth-order valence-corrected chi connectivity index (χ4v) is 4.13. The molecule has 0 aromatic heterocycles. The Morgan fingerprint density at radius 1 is 1.00 bits per heavy atom. The molecule has 5 heteroatoms. The van der Waals surface area contributed by atoms with Crippen molar-refractivity contribution in [1.29, 1.82) is 0 Å². The molecule has 0 N–H and O–H groups in total. The highest BCUT2D eigenvalue weighted by molar-refractivity contribution is 6.31. The quantitative estimate of drug-likeness (QED) is 0.468. The molecular weight excluding hydrogens is 384 g/mol. The summed E-state index contributed by atoms with van der Waals surface area (Å²) in [5, 5.41) is 2.35. The Hall–Kier alpha value is -3.24. The average Bonchev–Trinajstić information content (AvgIpc) is 3.25. The largest absolute Gasteiger partial charge is 0.456 e. The van der Waals surface area contributed by atoms with E-state index in [1.165, 1.54) is 0 Å². The first-order valence-electron chi connectivity index (χ1n) is 9.36. The topological polar surface area (TPSA) is 51.0 Å². The Balaban J connectivity index is 1.53. The van der Waals surface area contributed by atoms with Crippen LogP contribution in [0.2, 0.25) is 5.02 Å². The van der Waals surface area contributed by atoms with E-state index >= 15 is 0 Å². The third-order valence-electron chi connectivity index (χ3n) is 5.37. The van der Waals surface area contributed by atoms with E-state index in [1.807, 2.05) is 68.4 Å². The molecule has 142 valence electrons. The van der Waals surface area contributed by atoms with Crippen molar-refractivity contribution in [3.8, 4) is 11.1 Å². The minimum Gasteiger partial charge on any atom is -0.456 e. The van der Waals surface area contributed by atoms with Crippen LogP contribution in [-0.4, -0.2) is 5.97 Å². The van der Waals surface area contributed by atoms with Crippen molar-refractivity contribution in [2.24, 2.45) is 9.98 Å². The van der Waals surface area contributed by atoms with Crippen molar-refractivity contribution < 1.29 is 9.53 Å². The summed E-state index contributed by atoms with van der Waals surface area (Å²) in [7, 11) is 0. The number of nitrogens with zero attached hydrogens (tertiary/aromatic N) is 2. The van der Waals surface area contributed by atoms with Gasteiger partial charge < -0.3 is 4.74 Å². The summed E-state index contributed by atoms with van der Waals surface area (Å²) in [6, 6.07) is 17.3. The Labute approximate surface area is 172 Å². The van der Waals surface area contributed by atoms with Gasteiger partial charge in [-0.25, -0.2) is 14.8 Å². The van der Waals surface area contributed by atoms with Crippen LogP contribution in [0, 0.1) is 6.92 Å². The number of hydrogen-bond donors (Lipinski definition) is 0. The highest BCUT2D eigenvalue weighted by Crippen LogP contribution is 2.36. The van der Waals surface area contributed by atoms with Gasteiger partial charge in [-0.1, -0.05) is 41.9 Å². The lowest BCUT2D eigenvalue weighted by Gasteiger charge is -2.07. The van der Waals surface area contributed by atoms with Crippen molar-refractivity contribution in [2.45, 2.75) is 20.5 Å². The van der Waals surface area contributed by atoms with Crippen LogP contribution in [0.3, 0.4) is 0 Å². The molecule has 29 heavy (non-hydrogen) atoms. The molecule has 2 heterocycles. The number of carbonyl (C=O) groups is 1. The van der Waals surface area contributed by atoms with Gasteiger partial charge in [0.25, 0.3) is 0 Å². The molecule has 0 saturated heterocycles. The molecule has 0 unspecified atom stereocenters. The highest BCUT2D eigenvalue weighted by atomic mass is 35.5. The monoisotopic (exact) mass is 400 g/mol. The van der Waals surface area contributed by atoms with Gasteiger partial charge in [0.15, 0.2) is 5.70 Å². The molecule has 0 aliphatic carbocycles. The molecule has 0 atom stereocenters. The molecule has 2 aliphatic heterocycles. The maximum Gasteiger partial charge on any atom is 0.357 e.